The Labute approximate surface area is 117 Å². The lowest BCUT2D eigenvalue weighted by Gasteiger charge is -2.16. The summed E-state index contributed by atoms with van der Waals surface area (Å²) in [6, 6.07) is 0.532. The highest BCUT2D eigenvalue weighted by Crippen LogP contribution is 2.04. The molecule has 0 aliphatic carbocycles. The van der Waals surface area contributed by atoms with E-state index in [1.807, 2.05) is 13.2 Å². The molecule has 0 rings (SSSR count). The van der Waals surface area contributed by atoms with Crippen molar-refractivity contribution in [2.24, 2.45) is 0 Å². The minimum Gasteiger partial charge on any atom is -0.315 e. The Balaban J connectivity index is 3.85. The van der Waals surface area contributed by atoms with Crippen LogP contribution in [0, 0.1) is 0 Å². The van der Waals surface area contributed by atoms with Gasteiger partial charge in [-0.25, -0.2) is 13.1 Å². The van der Waals surface area contributed by atoms with Crippen LogP contribution in [-0.4, -0.2) is 44.8 Å². The van der Waals surface area contributed by atoms with Crippen LogP contribution in [0.2, 0.25) is 0 Å². The zero-order chi connectivity index (χ0) is 14.0. The molecule has 0 amide bonds. The van der Waals surface area contributed by atoms with E-state index in [2.05, 4.69) is 23.9 Å². The van der Waals surface area contributed by atoms with Gasteiger partial charge in [-0.2, -0.15) is 11.8 Å². The van der Waals surface area contributed by atoms with Crippen molar-refractivity contribution in [3.63, 3.8) is 0 Å². The molecule has 0 aromatic heterocycles. The maximum Gasteiger partial charge on any atom is 0.211 e. The molecule has 2 N–H and O–H groups in total. The molecular weight excluding hydrogens is 268 g/mol. The highest BCUT2D eigenvalue weighted by atomic mass is 32.2. The van der Waals surface area contributed by atoms with Crippen molar-refractivity contribution in [3.05, 3.63) is 0 Å². The molecule has 110 valence electrons. The number of hydrogen-bond donors (Lipinski definition) is 2. The quantitative estimate of drug-likeness (QED) is 0.571. The molecule has 0 fully saturated rings. The normalized spacial score (nSPS) is 14.1. The van der Waals surface area contributed by atoms with E-state index in [-0.39, 0.29) is 11.8 Å². The van der Waals surface area contributed by atoms with Crippen LogP contribution in [0.25, 0.3) is 0 Å². The summed E-state index contributed by atoms with van der Waals surface area (Å²) in [4.78, 5) is 0. The molecule has 18 heavy (non-hydrogen) atoms. The van der Waals surface area contributed by atoms with E-state index in [1.165, 1.54) is 0 Å². The van der Waals surface area contributed by atoms with E-state index in [1.54, 1.807) is 11.8 Å². The molecule has 0 saturated heterocycles. The molecule has 0 heterocycles. The summed E-state index contributed by atoms with van der Waals surface area (Å²) in [6.45, 7) is 7.07. The van der Waals surface area contributed by atoms with Crippen LogP contribution in [0.4, 0.5) is 0 Å². The number of nitrogens with one attached hydrogen (secondary N) is 2. The Morgan fingerprint density at radius 3 is 2.39 bits per heavy atom. The molecule has 0 spiro atoms. The van der Waals surface area contributed by atoms with Crippen LogP contribution in [0.15, 0.2) is 0 Å². The predicted molar refractivity (Wildman–Crippen MR) is 81.8 cm³/mol. The first kappa shape index (κ1) is 18.2. The number of sulfonamides is 1. The van der Waals surface area contributed by atoms with Gasteiger partial charge in [-0.15, -0.1) is 0 Å². The van der Waals surface area contributed by atoms with E-state index >= 15 is 0 Å². The standard InChI is InChI=1S/C12H28N2O2S2/c1-5-12(10-17-4)14-18(15,16)9-7-6-8-13-11(2)3/h11-14H,5-10H2,1-4H3. The van der Waals surface area contributed by atoms with Gasteiger partial charge in [0.1, 0.15) is 0 Å². The van der Waals surface area contributed by atoms with Crippen LogP contribution >= 0.6 is 11.8 Å². The third kappa shape index (κ3) is 10.2. The second-order valence-corrected chi connectivity index (χ2v) is 7.60. The SMILES string of the molecule is CCC(CSC)NS(=O)(=O)CCCCNC(C)C. The smallest absolute Gasteiger partial charge is 0.211 e. The average Bonchev–Trinajstić information content (AvgIpc) is 2.27. The zero-order valence-electron chi connectivity index (χ0n) is 12.0. The van der Waals surface area contributed by atoms with Crippen LogP contribution < -0.4 is 10.0 Å². The van der Waals surface area contributed by atoms with Gasteiger partial charge in [-0.1, -0.05) is 20.8 Å². The van der Waals surface area contributed by atoms with Crippen molar-refractivity contribution in [3.8, 4) is 0 Å². The van der Waals surface area contributed by atoms with Crippen LogP contribution in [0.3, 0.4) is 0 Å². The van der Waals surface area contributed by atoms with Crippen molar-refractivity contribution in [1.29, 1.82) is 0 Å². The fourth-order valence-electron chi connectivity index (χ4n) is 1.56. The van der Waals surface area contributed by atoms with Gasteiger partial charge in [0.25, 0.3) is 0 Å². The summed E-state index contributed by atoms with van der Waals surface area (Å²) in [5, 5.41) is 3.29. The number of thioether (sulfide) groups is 1. The fraction of sp³-hybridized carbons (Fsp3) is 1.00. The lowest BCUT2D eigenvalue weighted by molar-refractivity contribution is 0.544. The second-order valence-electron chi connectivity index (χ2n) is 4.81. The second kappa shape index (κ2) is 10.1. The molecule has 1 unspecified atom stereocenters. The van der Waals surface area contributed by atoms with Crippen molar-refractivity contribution in [1.82, 2.24) is 10.0 Å². The molecule has 1 atom stereocenters. The Hall–Kier alpha value is 0.220. The number of unbranched alkanes of at least 4 members (excludes halogenated alkanes) is 1. The molecule has 0 saturated carbocycles. The van der Waals surface area contributed by atoms with E-state index in [9.17, 15) is 8.42 Å². The molecule has 0 bridgehead atoms. The molecule has 4 nitrogen and oxygen atoms in total. The summed E-state index contributed by atoms with van der Waals surface area (Å²) in [5.74, 6) is 1.07. The summed E-state index contributed by atoms with van der Waals surface area (Å²) >= 11 is 1.67. The van der Waals surface area contributed by atoms with Gasteiger partial charge < -0.3 is 5.32 Å². The minimum atomic E-state index is -3.11. The maximum atomic E-state index is 11.8. The van der Waals surface area contributed by atoms with Gasteiger partial charge in [-0.05, 0) is 32.1 Å². The summed E-state index contributed by atoms with van der Waals surface area (Å²) < 4.78 is 26.4. The Bertz CT molecular complexity index is 292. The number of hydrogen-bond acceptors (Lipinski definition) is 4. The first-order valence-electron chi connectivity index (χ1n) is 6.63. The largest absolute Gasteiger partial charge is 0.315 e. The predicted octanol–water partition coefficient (Wildman–Crippen LogP) is 1.83. The molecule has 0 aliphatic rings. The minimum absolute atomic E-state index is 0.0683. The Morgan fingerprint density at radius 2 is 1.89 bits per heavy atom. The summed E-state index contributed by atoms with van der Waals surface area (Å²) in [5.41, 5.74) is 0. The summed E-state index contributed by atoms with van der Waals surface area (Å²) in [7, 11) is -3.11. The van der Waals surface area contributed by atoms with Crippen molar-refractivity contribution < 1.29 is 8.42 Å². The molecule has 0 aromatic rings. The molecule has 6 heteroatoms. The van der Waals surface area contributed by atoms with E-state index in [0.717, 1.165) is 25.1 Å². The number of rotatable bonds is 11. The topological polar surface area (TPSA) is 58.2 Å². The Morgan fingerprint density at radius 1 is 1.22 bits per heavy atom. The third-order valence-electron chi connectivity index (χ3n) is 2.60. The van der Waals surface area contributed by atoms with Gasteiger partial charge in [0.2, 0.25) is 10.0 Å². The van der Waals surface area contributed by atoms with E-state index < -0.39 is 10.0 Å². The van der Waals surface area contributed by atoms with Gasteiger partial charge in [-0.3, -0.25) is 0 Å². The van der Waals surface area contributed by atoms with Crippen molar-refractivity contribution >= 4 is 21.8 Å². The first-order chi connectivity index (χ1) is 8.41. The zero-order valence-corrected chi connectivity index (χ0v) is 13.7. The fourth-order valence-corrected chi connectivity index (χ4v) is 3.84. The van der Waals surface area contributed by atoms with E-state index in [4.69, 9.17) is 0 Å². The van der Waals surface area contributed by atoms with Crippen molar-refractivity contribution in [2.45, 2.75) is 52.1 Å². The highest BCUT2D eigenvalue weighted by molar-refractivity contribution is 7.98. The summed E-state index contributed by atoms with van der Waals surface area (Å²) in [6.07, 6.45) is 4.45. The highest BCUT2D eigenvalue weighted by Gasteiger charge is 2.15. The lowest BCUT2D eigenvalue weighted by Crippen LogP contribution is -2.37. The molecule has 0 radical (unpaired) electrons. The van der Waals surface area contributed by atoms with Gasteiger partial charge in [0, 0.05) is 17.8 Å². The van der Waals surface area contributed by atoms with Gasteiger partial charge >= 0.3 is 0 Å². The third-order valence-corrected chi connectivity index (χ3v) is 4.85. The molecular formula is C12H28N2O2S2. The van der Waals surface area contributed by atoms with Gasteiger partial charge in [0.15, 0.2) is 0 Å². The molecule has 0 aliphatic heterocycles. The van der Waals surface area contributed by atoms with Crippen LogP contribution in [-0.2, 0) is 10.0 Å². The van der Waals surface area contributed by atoms with Crippen molar-refractivity contribution in [2.75, 3.05) is 24.3 Å². The van der Waals surface area contributed by atoms with E-state index in [0.29, 0.717) is 12.5 Å². The first-order valence-corrected chi connectivity index (χ1v) is 9.68. The molecule has 0 aromatic carbocycles. The lowest BCUT2D eigenvalue weighted by atomic mass is 10.3. The Kier molecular flexibility index (Phi) is 10.2. The van der Waals surface area contributed by atoms with Crippen LogP contribution in [0.1, 0.15) is 40.0 Å². The average molecular weight is 297 g/mol. The maximum absolute atomic E-state index is 11.8. The van der Waals surface area contributed by atoms with Crippen LogP contribution in [0.5, 0.6) is 0 Å². The monoisotopic (exact) mass is 296 g/mol. The van der Waals surface area contributed by atoms with Gasteiger partial charge in [0.05, 0.1) is 5.75 Å².